The van der Waals surface area contributed by atoms with E-state index in [1.807, 2.05) is 13.8 Å². The molecule has 0 bridgehead atoms. The number of aromatic amines is 1. The number of halogens is 1. The van der Waals surface area contributed by atoms with Crippen LogP contribution >= 0.6 is 0 Å². The Balaban J connectivity index is 2.59. The fourth-order valence-electron chi connectivity index (χ4n) is 2.19. The fourth-order valence-corrected chi connectivity index (χ4v) is 2.19. The molecule has 0 atom stereocenters. The topological polar surface area (TPSA) is 50.2 Å². The molecular weight excluding hydrogens is 233 g/mol. The van der Waals surface area contributed by atoms with Crippen LogP contribution in [-0.2, 0) is 0 Å². The average molecular weight is 245 g/mol. The van der Waals surface area contributed by atoms with Gasteiger partial charge in [-0.15, -0.1) is 0 Å². The summed E-state index contributed by atoms with van der Waals surface area (Å²) in [5, 5.41) is 7.37. The number of H-pyrrole nitrogens is 1. The lowest BCUT2D eigenvalue weighted by molar-refractivity contribution is 0.629. The molecule has 0 radical (unpaired) electrons. The lowest BCUT2D eigenvalue weighted by atomic mass is 10.2. The molecule has 1 N–H and O–H groups in total. The van der Waals surface area contributed by atoms with E-state index < -0.39 is 0 Å². The van der Waals surface area contributed by atoms with Gasteiger partial charge in [0.15, 0.2) is 0 Å². The van der Waals surface area contributed by atoms with Gasteiger partial charge in [0.2, 0.25) is 0 Å². The van der Waals surface area contributed by atoms with Crippen molar-refractivity contribution in [3.63, 3.8) is 0 Å². The lowest BCUT2D eigenvalue weighted by Crippen LogP contribution is -2.16. The zero-order valence-corrected chi connectivity index (χ0v) is 10.1. The molecule has 0 amide bonds. The van der Waals surface area contributed by atoms with Crippen molar-refractivity contribution >= 4 is 16.4 Å². The van der Waals surface area contributed by atoms with Crippen LogP contribution in [0.15, 0.2) is 29.1 Å². The monoisotopic (exact) mass is 245 g/mol. The van der Waals surface area contributed by atoms with Gasteiger partial charge in [-0.05, 0) is 24.3 Å². The van der Waals surface area contributed by atoms with Gasteiger partial charge in [-0.1, -0.05) is 13.8 Å². The lowest BCUT2D eigenvalue weighted by Gasteiger charge is -2.08. The summed E-state index contributed by atoms with van der Waals surface area (Å²) in [6, 6.07) is 6.23. The van der Waals surface area contributed by atoms with E-state index in [-0.39, 0.29) is 17.3 Å². The molecule has 0 unspecified atom stereocenters. The number of nitrogens with one attached hydrogen (secondary N) is 1. The molecule has 0 fully saturated rings. The third-order valence-corrected chi connectivity index (χ3v) is 3.02. The van der Waals surface area contributed by atoms with Crippen molar-refractivity contribution in [2.75, 3.05) is 0 Å². The number of fused-ring (bicyclic) bond motifs is 3. The first-order valence-corrected chi connectivity index (χ1v) is 5.77. The minimum absolute atomic E-state index is 0.128. The minimum atomic E-state index is -0.322. The molecule has 0 aliphatic heterocycles. The van der Waals surface area contributed by atoms with Crippen LogP contribution in [0.5, 0.6) is 0 Å². The van der Waals surface area contributed by atoms with Crippen molar-refractivity contribution in [1.29, 1.82) is 0 Å². The Labute approximate surface area is 102 Å². The van der Waals surface area contributed by atoms with Crippen molar-refractivity contribution < 1.29 is 4.39 Å². The molecule has 0 aliphatic rings. The zero-order valence-electron chi connectivity index (χ0n) is 10.1. The summed E-state index contributed by atoms with van der Waals surface area (Å²) in [5.41, 5.74) is 0.901. The second kappa shape index (κ2) is 3.66. The molecule has 0 aliphatic carbocycles. The molecule has 0 saturated heterocycles. The van der Waals surface area contributed by atoms with E-state index in [2.05, 4.69) is 10.2 Å². The molecule has 3 aromatic rings. The highest BCUT2D eigenvalue weighted by Crippen LogP contribution is 2.22. The molecule has 18 heavy (non-hydrogen) atoms. The molecular formula is C13H12FN3O. The largest absolute Gasteiger partial charge is 0.291 e. The Bertz CT molecular complexity index is 801. The Kier molecular flexibility index (Phi) is 2.23. The summed E-state index contributed by atoms with van der Waals surface area (Å²) in [7, 11) is 0. The van der Waals surface area contributed by atoms with Crippen molar-refractivity contribution in [2.24, 2.45) is 0 Å². The van der Waals surface area contributed by atoms with Gasteiger partial charge in [-0.25, -0.2) is 9.49 Å². The van der Waals surface area contributed by atoms with Crippen molar-refractivity contribution in [2.45, 2.75) is 19.8 Å². The fraction of sp³-hybridized carbons (Fsp3) is 0.231. The summed E-state index contributed by atoms with van der Waals surface area (Å²) in [6.45, 7) is 3.95. The van der Waals surface area contributed by atoms with E-state index in [0.717, 1.165) is 5.39 Å². The summed E-state index contributed by atoms with van der Waals surface area (Å²) in [5.74, 6) is 0.519. The molecule has 2 heterocycles. The van der Waals surface area contributed by atoms with Gasteiger partial charge in [0.25, 0.3) is 5.56 Å². The van der Waals surface area contributed by atoms with E-state index in [1.54, 1.807) is 16.5 Å². The third kappa shape index (κ3) is 1.44. The molecule has 0 spiro atoms. The van der Waals surface area contributed by atoms with E-state index in [4.69, 9.17) is 0 Å². The number of benzene rings is 1. The molecule has 5 heteroatoms. The summed E-state index contributed by atoms with van der Waals surface area (Å²) < 4.78 is 15.1. The highest BCUT2D eigenvalue weighted by Gasteiger charge is 2.13. The van der Waals surface area contributed by atoms with E-state index in [0.29, 0.717) is 16.9 Å². The Morgan fingerprint density at radius 3 is 2.78 bits per heavy atom. The van der Waals surface area contributed by atoms with Crippen LogP contribution < -0.4 is 5.56 Å². The third-order valence-electron chi connectivity index (χ3n) is 3.02. The first-order valence-electron chi connectivity index (χ1n) is 5.77. The van der Waals surface area contributed by atoms with E-state index >= 15 is 0 Å². The molecule has 3 rings (SSSR count). The van der Waals surface area contributed by atoms with Gasteiger partial charge in [0.1, 0.15) is 17.2 Å². The normalized spacial score (nSPS) is 11.8. The van der Waals surface area contributed by atoms with Crippen LogP contribution in [0.25, 0.3) is 16.4 Å². The van der Waals surface area contributed by atoms with E-state index in [9.17, 15) is 9.18 Å². The number of rotatable bonds is 1. The van der Waals surface area contributed by atoms with E-state index in [1.165, 1.54) is 12.1 Å². The van der Waals surface area contributed by atoms with Crippen molar-refractivity contribution in [3.05, 3.63) is 46.3 Å². The predicted octanol–water partition coefficient (Wildman–Crippen LogP) is 2.44. The van der Waals surface area contributed by atoms with Crippen LogP contribution in [0.1, 0.15) is 25.6 Å². The molecule has 0 saturated carbocycles. The second-order valence-electron chi connectivity index (χ2n) is 4.63. The maximum atomic E-state index is 13.4. The Hall–Kier alpha value is -2.17. The van der Waals surface area contributed by atoms with Gasteiger partial charge >= 0.3 is 0 Å². The SMILES string of the molecule is CC(C)c1n[nH]c(=O)c2cc3ccc(F)cc3n12. The average Bonchev–Trinajstić information content (AvgIpc) is 2.69. The standard InChI is InChI=1S/C13H12FN3O/c1-7(2)12-15-16-13(18)11-5-8-3-4-9(14)6-10(8)17(11)12/h3-7H,1-2H3,(H,16,18). The van der Waals surface area contributed by atoms with Gasteiger partial charge in [0, 0.05) is 11.3 Å². The molecule has 92 valence electrons. The highest BCUT2D eigenvalue weighted by atomic mass is 19.1. The predicted molar refractivity (Wildman–Crippen MR) is 67.4 cm³/mol. The van der Waals surface area contributed by atoms with Gasteiger partial charge in [-0.3, -0.25) is 9.20 Å². The van der Waals surface area contributed by atoms with Gasteiger partial charge in [0.05, 0.1) is 5.52 Å². The maximum absolute atomic E-state index is 13.4. The number of hydrogen-bond donors (Lipinski definition) is 1. The summed E-state index contributed by atoms with van der Waals surface area (Å²) in [4.78, 5) is 11.8. The zero-order chi connectivity index (χ0) is 12.9. The molecule has 4 nitrogen and oxygen atoms in total. The number of hydrogen-bond acceptors (Lipinski definition) is 2. The number of nitrogens with zero attached hydrogens (tertiary/aromatic N) is 2. The van der Waals surface area contributed by atoms with Crippen LogP contribution in [0, 0.1) is 5.82 Å². The number of aromatic nitrogens is 3. The van der Waals surface area contributed by atoms with Crippen molar-refractivity contribution in [3.8, 4) is 0 Å². The van der Waals surface area contributed by atoms with Crippen molar-refractivity contribution in [1.82, 2.24) is 14.6 Å². The first-order chi connectivity index (χ1) is 8.58. The quantitative estimate of drug-likeness (QED) is 0.715. The minimum Gasteiger partial charge on any atom is -0.291 e. The molecule has 2 aromatic heterocycles. The highest BCUT2D eigenvalue weighted by molar-refractivity contribution is 5.87. The molecule has 1 aromatic carbocycles. The Morgan fingerprint density at radius 2 is 2.06 bits per heavy atom. The van der Waals surface area contributed by atoms with Crippen LogP contribution in [0.4, 0.5) is 4.39 Å². The van der Waals surface area contributed by atoms with Gasteiger partial charge in [-0.2, -0.15) is 5.10 Å². The maximum Gasteiger partial charge on any atom is 0.288 e. The van der Waals surface area contributed by atoms with Crippen LogP contribution in [-0.4, -0.2) is 14.6 Å². The summed E-state index contributed by atoms with van der Waals surface area (Å²) in [6.07, 6.45) is 0. The summed E-state index contributed by atoms with van der Waals surface area (Å²) >= 11 is 0. The smallest absolute Gasteiger partial charge is 0.288 e. The first kappa shape index (κ1) is 11.0. The van der Waals surface area contributed by atoms with Crippen LogP contribution in [0.3, 0.4) is 0 Å². The second-order valence-corrected chi connectivity index (χ2v) is 4.63. The Morgan fingerprint density at radius 1 is 1.28 bits per heavy atom. The van der Waals surface area contributed by atoms with Gasteiger partial charge < -0.3 is 0 Å². The van der Waals surface area contributed by atoms with Crippen LogP contribution in [0.2, 0.25) is 0 Å².